The van der Waals surface area contributed by atoms with Gasteiger partial charge in [-0.3, -0.25) is 9.78 Å². The summed E-state index contributed by atoms with van der Waals surface area (Å²) in [6, 6.07) is 3.55. The minimum absolute atomic E-state index is 0.239. The molecule has 0 aromatic carbocycles. The number of aromatic nitrogens is 2. The Morgan fingerprint density at radius 2 is 2.20 bits per heavy atom. The number of ether oxygens (including phenoxy) is 2. The third-order valence-electron chi connectivity index (χ3n) is 3.98. The molecule has 3 unspecified atom stereocenters. The first-order chi connectivity index (χ1) is 12.1. The van der Waals surface area contributed by atoms with Crippen LogP contribution in [0.2, 0.25) is 0 Å². The van der Waals surface area contributed by atoms with Gasteiger partial charge in [-0.05, 0) is 31.9 Å². The summed E-state index contributed by atoms with van der Waals surface area (Å²) in [5, 5.41) is 5.64. The summed E-state index contributed by atoms with van der Waals surface area (Å²) in [7, 11) is 1.31. The van der Waals surface area contributed by atoms with Crippen LogP contribution in [-0.4, -0.2) is 41.2 Å². The van der Waals surface area contributed by atoms with E-state index in [2.05, 4.69) is 20.0 Å². The first-order valence-corrected chi connectivity index (χ1v) is 8.86. The highest BCUT2D eigenvalue weighted by atomic mass is 32.1. The highest BCUT2D eigenvalue weighted by Gasteiger charge is 2.36. The summed E-state index contributed by atoms with van der Waals surface area (Å²) in [6.45, 7) is 1.87. The summed E-state index contributed by atoms with van der Waals surface area (Å²) >= 11 is 1.48. The zero-order valence-electron chi connectivity index (χ0n) is 14.0. The van der Waals surface area contributed by atoms with Crippen LogP contribution >= 0.6 is 11.3 Å². The second-order valence-corrected chi connectivity index (χ2v) is 6.65. The number of amides is 1. The highest BCUT2D eigenvalue weighted by Crippen LogP contribution is 2.26. The number of pyridine rings is 1. The van der Waals surface area contributed by atoms with Crippen molar-refractivity contribution in [3.8, 4) is 11.3 Å². The van der Waals surface area contributed by atoms with Crippen LogP contribution in [0.4, 0.5) is 0 Å². The summed E-state index contributed by atoms with van der Waals surface area (Å²) in [4.78, 5) is 32.5. The predicted octanol–water partition coefficient (Wildman–Crippen LogP) is 2.10. The second-order valence-electron chi connectivity index (χ2n) is 5.76. The number of methoxy groups -OCH3 is 1. The van der Waals surface area contributed by atoms with Crippen molar-refractivity contribution in [1.82, 2.24) is 15.3 Å². The average molecular weight is 361 g/mol. The molecule has 1 amide bonds. The molecule has 0 aliphatic carbocycles. The Balaban J connectivity index is 1.59. The van der Waals surface area contributed by atoms with Gasteiger partial charge in [0.15, 0.2) is 6.10 Å². The lowest BCUT2D eigenvalue weighted by atomic mass is 10.2. The van der Waals surface area contributed by atoms with Gasteiger partial charge in [-0.1, -0.05) is 0 Å². The molecule has 3 rings (SSSR count). The predicted molar refractivity (Wildman–Crippen MR) is 91.8 cm³/mol. The van der Waals surface area contributed by atoms with Gasteiger partial charge < -0.3 is 14.8 Å². The number of carbonyl (C=O) groups is 2. The Morgan fingerprint density at radius 1 is 1.40 bits per heavy atom. The van der Waals surface area contributed by atoms with Crippen LogP contribution < -0.4 is 5.32 Å². The molecule has 132 valence electrons. The Bertz CT molecular complexity index is 749. The third kappa shape index (κ3) is 4.02. The van der Waals surface area contributed by atoms with Crippen molar-refractivity contribution in [2.75, 3.05) is 7.11 Å². The van der Waals surface area contributed by atoms with Gasteiger partial charge in [-0.25, -0.2) is 9.78 Å². The summed E-state index contributed by atoms with van der Waals surface area (Å²) in [5.41, 5.74) is 1.76. The number of rotatable bonds is 5. The number of thiazole rings is 1. The van der Waals surface area contributed by atoms with E-state index in [4.69, 9.17) is 4.74 Å². The molecule has 3 atom stereocenters. The molecule has 0 radical (unpaired) electrons. The first kappa shape index (κ1) is 17.5. The molecule has 8 heteroatoms. The van der Waals surface area contributed by atoms with Crippen molar-refractivity contribution in [2.45, 2.75) is 38.0 Å². The second kappa shape index (κ2) is 7.71. The van der Waals surface area contributed by atoms with Crippen molar-refractivity contribution in [3.05, 3.63) is 34.9 Å². The van der Waals surface area contributed by atoms with Crippen molar-refractivity contribution in [2.24, 2.45) is 0 Å². The van der Waals surface area contributed by atoms with Crippen LogP contribution in [0, 0.1) is 0 Å². The summed E-state index contributed by atoms with van der Waals surface area (Å²) in [6.07, 6.45) is 3.15. The molecule has 2 aromatic rings. The van der Waals surface area contributed by atoms with Crippen molar-refractivity contribution in [3.63, 3.8) is 0 Å². The molecule has 1 N–H and O–H groups in total. The lowest BCUT2D eigenvalue weighted by Gasteiger charge is -2.16. The van der Waals surface area contributed by atoms with E-state index in [0.717, 1.165) is 16.3 Å². The van der Waals surface area contributed by atoms with Gasteiger partial charge in [-0.2, -0.15) is 0 Å². The number of nitrogens with zero attached hydrogens (tertiary/aromatic N) is 2. The fourth-order valence-electron chi connectivity index (χ4n) is 2.64. The molecular formula is C17H19N3O4S. The molecule has 0 bridgehead atoms. The van der Waals surface area contributed by atoms with Crippen molar-refractivity contribution >= 4 is 23.2 Å². The monoisotopic (exact) mass is 361 g/mol. The minimum Gasteiger partial charge on any atom is -0.467 e. The molecule has 25 heavy (non-hydrogen) atoms. The number of carbonyl (C=O) groups excluding carboxylic acids is 2. The first-order valence-electron chi connectivity index (χ1n) is 7.98. The van der Waals surface area contributed by atoms with E-state index in [-0.39, 0.29) is 11.9 Å². The number of hydrogen-bond acceptors (Lipinski definition) is 7. The van der Waals surface area contributed by atoms with E-state index in [1.165, 1.54) is 18.4 Å². The molecule has 1 fully saturated rings. The number of esters is 1. The van der Waals surface area contributed by atoms with Gasteiger partial charge in [0.2, 0.25) is 5.91 Å². The highest BCUT2D eigenvalue weighted by molar-refractivity contribution is 7.10. The Labute approximate surface area is 149 Å². The Kier molecular flexibility index (Phi) is 5.40. The minimum atomic E-state index is -0.659. The van der Waals surface area contributed by atoms with Crippen molar-refractivity contribution in [1.29, 1.82) is 0 Å². The maximum absolute atomic E-state index is 12.3. The quantitative estimate of drug-likeness (QED) is 0.820. The van der Waals surface area contributed by atoms with E-state index >= 15 is 0 Å². The normalized spacial score (nSPS) is 20.9. The largest absolute Gasteiger partial charge is 0.467 e. The van der Waals surface area contributed by atoms with Crippen LogP contribution in [0.5, 0.6) is 0 Å². The zero-order valence-corrected chi connectivity index (χ0v) is 14.8. The third-order valence-corrected chi connectivity index (χ3v) is 5.01. The Hall–Kier alpha value is -2.32. The SMILES string of the molecule is COC(=O)C1CCC(C(=O)NC(C)c2nc(-c3cccnc3)cs2)O1. The van der Waals surface area contributed by atoms with Gasteiger partial charge >= 0.3 is 5.97 Å². The average Bonchev–Trinajstić information content (AvgIpc) is 3.31. The Morgan fingerprint density at radius 3 is 2.92 bits per heavy atom. The molecule has 3 heterocycles. The van der Waals surface area contributed by atoms with Crippen LogP contribution in [0.25, 0.3) is 11.3 Å². The molecule has 7 nitrogen and oxygen atoms in total. The summed E-state index contributed by atoms with van der Waals surface area (Å²) in [5.74, 6) is -0.679. The fraction of sp³-hybridized carbons (Fsp3) is 0.412. The van der Waals surface area contributed by atoms with Crippen LogP contribution in [0.15, 0.2) is 29.9 Å². The van der Waals surface area contributed by atoms with Crippen molar-refractivity contribution < 1.29 is 19.1 Å². The van der Waals surface area contributed by atoms with Crippen LogP contribution in [0.3, 0.4) is 0 Å². The van der Waals surface area contributed by atoms with E-state index < -0.39 is 18.2 Å². The molecule has 1 saturated heterocycles. The molecule has 2 aromatic heterocycles. The fourth-order valence-corrected chi connectivity index (χ4v) is 3.47. The molecule has 0 spiro atoms. The van der Waals surface area contributed by atoms with Gasteiger partial charge in [0.1, 0.15) is 11.1 Å². The van der Waals surface area contributed by atoms with E-state index in [0.29, 0.717) is 12.8 Å². The van der Waals surface area contributed by atoms with Gasteiger partial charge in [-0.15, -0.1) is 11.3 Å². The lowest BCUT2D eigenvalue weighted by Crippen LogP contribution is -2.37. The topological polar surface area (TPSA) is 90.4 Å². The molecular weight excluding hydrogens is 342 g/mol. The maximum Gasteiger partial charge on any atom is 0.335 e. The summed E-state index contributed by atoms with van der Waals surface area (Å²) < 4.78 is 10.1. The lowest BCUT2D eigenvalue weighted by molar-refractivity contribution is -0.155. The van der Waals surface area contributed by atoms with E-state index in [9.17, 15) is 9.59 Å². The van der Waals surface area contributed by atoms with E-state index in [1.54, 1.807) is 12.4 Å². The number of hydrogen-bond donors (Lipinski definition) is 1. The van der Waals surface area contributed by atoms with Crippen LogP contribution in [0.1, 0.15) is 30.8 Å². The smallest absolute Gasteiger partial charge is 0.335 e. The maximum atomic E-state index is 12.3. The zero-order chi connectivity index (χ0) is 17.8. The molecule has 1 aliphatic rings. The van der Waals surface area contributed by atoms with Crippen LogP contribution in [-0.2, 0) is 19.1 Å². The standard InChI is InChI=1S/C17H19N3O4S/c1-10(16-20-12(9-25-16)11-4-3-7-18-8-11)19-15(21)13-5-6-14(24-13)17(22)23-2/h3-4,7-10,13-14H,5-6H2,1-2H3,(H,19,21). The molecule has 1 aliphatic heterocycles. The van der Waals surface area contributed by atoms with Gasteiger partial charge in [0.05, 0.1) is 18.8 Å². The van der Waals surface area contributed by atoms with Gasteiger partial charge in [0.25, 0.3) is 0 Å². The van der Waals surface area contributed by atoms with E-state index in [1.807, 2.05) is 24.4 Å². The molecule has 0 saturated carbocycles. The van der Waals surface area contributed by atoms with Gasteiger partial charge in [0, 0.05) is 23.3 Å². The number of nitrogens with one attached hydrogen (secondary N) is 1.